The van der Waals surface area contributed by atoms with E-state index in [-0.39, 0.29) is 5.91 Å². The summed E-state index contributed by atoms with van der Waals surface area (Å²) in [6, 6.07) is 18.2. The first kappa shape index (κ1) is 17.3. The molecular weight excluding hydrogens is 330 g/mol. The van der Waals surface area contributed by atoms with E-state index < -0.39 is 0 Å². The van der Waals surface area contributed by atoms with Gasteiger partial charge in [0.05, 0.1) is 19.9 Å². The SMILES string of the molecule is COc1cccc(Nc2ccnc(C(=O)Nc3ccccc3OC)c2)c1. The van der Waals surface area contributed by atoms with E-state index in [0.29, 0.717) is 17.1 Å². The Hall–Kier alpha value is -3.54. The van der Waals surface area contributed by atoms with Gasteiger partial charge in [0.15, 0.2) is 0 Å². The van der Waals surface area contributed by atoms with E-state index >= 15 is 0 Å². The number of nitrogens with zero attached hydrogens (tertiary/aromatic N) is 1. The third-order valence-electron chi connectivity index (χ3n) is 3.71. The van der Waals surface area contributed by atoms with E-state index in [9.17, 15) is 4.79 Å². The third-order valence-corrected chi connectivity index (χ3v) is 3.71. The van der Waals surface area contributed by atoms with Crippen molar-refractivity contribution >= 4 is 23.0 Å². The summed E-state index contributed by atoms with van der Waals surface area (Å²) in [5.41, 5.74) is 2.49. The van der Waals surface area contributed by atoms with E-state index in [0.717, 1.165) is 17.1 Å². The lowest BCUT2D eigenvalue weighted by molar-refractivity contribution is 0.102. The smallest absolute Gasteiger partial charge is 0.274 e. The van der Waals surface area contributed by atoms with Gasteiger partial charge in [-0.25, -0.2) is 0 Å². The highest BCUT2D eigenvalue weighted by atomic mass is 16.5. The molecule has 1 heterocycles. The van der Waals surface area contributed by atoms with Gasteiger partial charge in [-0.15, -0.1) is 0 Å². The van der Waals surface area contributed by atoms with E-state index in [2.05, 4.69) is 15.6 Å². The summed E-state index contributed by atoms with van der Waals surface area (Å²) >= 11 is 0. The van der Waals surface area contributed by atoms with Crippen molar-refractivity contribution in [3.05, 3.63) is 72.6 Å². The second-order valence-electron chi connectivity index (χ2n) is 5.44. The van der Waals surface area contributed by atoms with Crippen LogP contribution in [0.25, 0.3) is 0 Å². The number of para-hydroxylation sites is 2. The van der Waals surface area contributed by atoms with Crippen molar-refractivity contribution in [2.24, 2.45) is 0 Å². The first-order valence-electron chi connectivity index (χ1n) is 8.01. The summed E-state index contributed by atoms with van der Waals surface area (Å²) in [4.78, 5) is 16.7. The number of amides is 1. The average Bonchev–Trinajstić information content (AvgIpc) is 2.68. The molecule has 0 aliphatic rings. The van der Waals surface area contributed by atoms with Crippen molar-refractivity contribution in [1.29, 1.82) is 0 Å². The number of benzene rings is 2. The first-order valence-corrected chi connectivity index (χ1v) is 8.01. The highest BCUT2D eigenvalue weighted by Crippen LogP contribution is 2.24. The van der Waals surface area contributed by atoms with Crippen molar-refractivity contribution < 1.29 is 14.3 Å². The summed E-state index contributed by atoms with van der Waals surface area (Å²) < 4.78 is 10.5. The van der Waals surface area contributed by atoms with Gasteiger partial charge in [-0.05, 0) is 36.4 Å². The minimum Gasteiger partial charge on any atom is -0.497 e. The molecule has 6 nitrogen and oxygen atoms in total. The van der Waals surface area contributed by atoms with Crippen LogP contribution < -0.4 is 20.1 Å². The number of hydrogen-bond acceptors (Lipinski definition) is 5. The molecule has 0 radical (unpaired) electrons. The Morgan fingerprint density at radius 3 is 2.54 bits per heavy atom. The quantitative estimate of drug-likeness (QED) is 0.701. The zero-order valence-electron chi connectivity index (χ0n) is 14.5. The number of rotatable bonds is 6. The molecule has 26 heavy (non-hydrogen) atoms. The van der Waals surface area contributed by atoms with Crippen LogP contribution in [-0.2, 0) is 0 Å². The third kappa shape index (κ3) is 4.10. The second kappa shape index (κ2) is 8.02. The molecule has 0 aliphatic heterocycles. The van der Waals surface area contributed by atoms with Crippen LogP contribution in [0.1, 0.15) is 10.5 Å². The van der Waals surface area contributed by atoms with E-state index in [1.54, 1.807) is 44.7 Å². The van der Waals surface area contributed by atoms with Gasteiger partial charge in [-0.2, -0.15) is 0 Å². The van der Waals surface area contributed by atoms with Gasteiger partial charge in [0, 0.05) is 23.6 Å². The molecule has 132 valence electrons. The predicted octanol–water partition coefficient (Wildman–Crippen LogP) is 4.09. The molecule has 0 unspecified atom stereocenters. The van der Waals surface area contributed by atoms with Crippen LogP contribution in [0.4, 0.5) is 17.1 Å². The monoisotopic (exact) mass is 349 g/mol. The number of anilines is 3. The number of ether oxygens (including phenoxy) is 2. The van der Waals surface area contributed by atoms with Gasteiger partial charge in [0.25, 0.3) is 5.91 Å². The number of nitrogens with one attached hydrogen (secondary N) is 2. The van der Waals surface area contributed by atoms with Crippen molar-refractivity contribution in [2.45, 2.75) is 0 Å². The van der Waals surface area contributed by atoms with Crippen LogP contribution in [0, 0.1) is 0 Å². The fourth-order valence-corrected chi connectivity index (χ4v) is 2.43. The Kier molecular flexibility index (Phi) is 5.34. The normalized spacial score (nSPS) is 10.1. The summed E-state index contributed by atoms with van der Waals surface area (Å²) in [6.07, 6.45) is 1.58. The van der Waals surface area contributed by atoms with Gasteiger partial charge in [-0.1, -0.05) is 18.2 Å². The van der Waals surface area contributed by atoms with Crippen LogP contribution in [0.5, 0.6) is 11.5 Å². The summed E-state index contributed by atoms with van der Waals surface area (Å²) in [7, 11) is 3.17. The molecule has 1 aromatic heterocycles. The molecular formula is C20H19N3O3. The van der Waals surface area contributed by atoms with Crippen LogP contribution in [0.15, 0.2) is 66.9 Å². The lowest BCUT2D eigenvalue weighted by atomic mass is 10.2. The van der Waals surface area contributed by atoms with E-state index in [1.165, 1.54) is 0 Å². The fraction of sp³-hybridized carbons (Fsp3) is 0.100. The molecule has 0 saturated carbocycles. The molecule has 0 saturated heterocycles. The molecule has 3 rings (SSSR count). The van der Waals surface area contributed by atoms with Crippen molar-refractivity contribution in [3.8, 4) is 11.5 Å². The lowest BCUT2D eigenvalue weighted by Gasteiger charge is -2.11. The topological polar surface area (TPSA) is 72.5 Å². The first-order chi connectivity index (χ1) is 12.7. The van der Waals surface area contributed by atoms with Gasteiger partial charge >= 0.3 is 0 Å². The van der Waals surface area contributed by atoms with Crippen molar-refractivity contribution in [3.63, 3.8) is 0 Å². The number of hydrogen-bond donors (Lipinski definition) is 2. The van der Waals surface area contributed by atoms with Crippen LogP contribution in [-0.4, -0.2) is 25.1 Å². The number of carbonyl (C=O) groups is 1. The predicted molar refractivity (Wildman–Crippen MR) is 101 cm³/mol. The average molecular weight is 349 g/mol. The molecule has 0 aliphatic carbocycles. The molecule has 2 aromatic carbocycles. The van der Waals surface area contributed by atoms with Crippen molar-refractivity contribution in [2.75, 3.05) is 24.9 Å². The largest absolute Gasteiger partial charge is 0.497 e. The van der Waals surface area contributed by atoms with Gasteiger partial charge < -0.3 is 20.1 Å². The van der Waals surface area contributed by atoms with Crippen LogP contribution >= 0.6 is 0 Å². The molecule has 1 amide bonds. The van der Waals surface area contributed by atoms with E-state index in [4.69, 9.17) is 9.47 Å². The Balaban J connectivity index is 1.77. The van der Waals surface area contributed by atoms with Crippen LogP contribution in [0.2, 0.25) is 0 Å². The highest BCUT2D eigenvalue weighted by Gasteiger charge is 2.11. The molecule has 0 atom stereocenters. The van der Waals surface area contributed by atoms with Gasteiger partial charge in [0.2, 0.25) is 0 Å². The standard InChI is InChI=1S/C20H19N3O3/c1-25-16-7-5-6-14(12-16)22-15-10-11-21-18(13-15)20(24)23-17-8-3-4-9-19(17)26-2/h3-13H,1-2H3,(H,21,22)(H,23,24). The number of carbonyl (C=O) groups excluding carboxylic acids is 1. The van der Waals surface area contributed by atoms with E-state index in [1.807, 2.05) is 36.4 Å². The van der Waals surface area contributed by atoms with Crippen molar-refractivity contribution in [1.82, 2.24) is 4.98 Å². The summed E-state index contributed by atoms with van der Waals surface area (Å²) in [6.45, 7) is 0. The highest BCUT2D eigenvalue weighted by molar-refractivity contribution is 6.04. The maximum atomic E-state index is 12.5. The minimum absolute atomic E-state index is 0.295. The van der Waals surface area contributed by atoms with Crippen LogP contribution in [0.3, 0.4) is 0 Å². The summed E-state index contributed by atoms with van der Waals surface area (Å²) in [5.74, 6) is 1.02. The maximum Gasteiger partial charge on any atom is 0.274 e. The molecule has 6 heteroatoms. The summed E-state index contributed by atoms with van der Waals surface area (Å²) in [5, 5.41) is 6.05. The zero-order valence-corrected chi connectivity index (χ0v) is 14.5. The lowest BCUT2D eigenvalue weighted by Crippen LogP contribution is -2.14. The number of aromatic nitrogens is 1. The Morgan fingerprint density at radius 2 is 1.73 bits per heavy atom. The Bertz CT molecular complexity index is 912. The van der Waals surface area contributed by atoms with Gasteiger partial charge in [-0.3, -0.25) is 9.78 Å². The number of pyridine rings is 1. The molecule has 3 aromatic rings. The molecule has 0 fully saturated rings. The Labute approximate surface area is 151 Å². The number of methoxy groups -OCH3 is 2. The van der Waals surface area contributed by atoms with Gasteiger partial charge in [0.1, 0.15) is 17.2 Å². The minimum atomic E-state index is -0.316. The zero-order chi connectivity index (χ0) is 18.4. The fourth-order valence-electron chi connectivity index (χ4n) is 2.43. The Morgan fingerprint density at radius 1 is 0.923 bits per heavy atom. The molecule has 2 N–H and O–H groups in total. The maximum absolute atomic E-state index is 12.5. The molecule has 0 bridgehead atoms. The second-order valence-corrected chi connectivity index (χ2v) is 5.44. The molecule has 0 spiro atoms.